The standard InChI is InChI=1S/C22H31N3O2/c1-17-7-9-24(10-8-17)21(26)19-15-20(19)22(27)25-13-11-23(12-14-25)16-18-5-3-2-4-6-18/h2-6,17,19-20H,7-16H2,1H3. The van der Waals surface area contributed by atoms with Gasteiger partial charge in [0.25, 0.3) is 0 Å². The Morgan fingerprint density at radius 1 is 0.852 bits per heavy atom. The summed E-state index contributed by atoms with van der Waals surface area (Å²) in [5.41, 5.74) is 1.32. The van der Waals surface area contributed by atoms with E-state index >= 15 is 0 Å². The minimum Gasteiger partial charge on any atom is -0.342 e. The van der Waals surface area contributed by atoms with Crippen molar-refractivity contribution < 1.29 is 9.59 Å². The normalized spacial score (nSPS) is 26.9. The quantitative estimate of drug-likeness (QED) is 0.817. The van der Waals surface area contributed by atoms with Crippen molar-refractivity contribution >= 4 is 11.8 Å². The summed E-state index contributed by atoms with van der Waals surface area (Å²) in [4.78, 5) is 31.9. The minimum atomic E-state index is -0.0578. The summed E-state index contributed by atoms with van der Waals surface area (Å²) >= 11 is 0. The van der Waals surface area contributed by atoms with E-state index in [2.05, 4.69) is 36.1 Å². The van der Waals surface area contributed by atoms with Crippen molar-refractivity contribution in [2.24, 2.45) is 17.8 Å². The van der Waals surface area contributed by atoms with Crippen molar-refractivity contribution in [1.29, 1.82) is 0 Å². The Bertz CT molecular complexity index is 661. The van der Waals surface area contributed by atoms with E-state index in [1.165, 1.54) is 5.56 Å². The Labute approximate surface area is 162 Å². The van der Waals surface area contributed by atoms with E-state index in [1.54, 1.807) is 0 Å². The number of nitrogens with zero attached hydrogens (tertiary/aromatic N) is 3. The molecule has 2 aliphatic heterocycles. The average Bonchev–Trinajstić information content (AvgIpc) is 3.50. The second kappa shape index (κ2) is 8.01. The van der Waals surface area contributed by atoms with Gasteiger partial charge in [0.05, 0.1) is 11.8 Å². The van der Waals surface area contributed by atoms with Crippen LogP contribution < -0.4 is 0 Å². The van der Waals surface area contributed by atoms with E-state index in [0.717, 1.165) is 71.0 Å². The molecule has 3 aliphatic rings. The van der Waals surface area contributed by atoms with Gasteiger partial charge in [-0.05, 0) is 30.7 Å². The molecule has 0 radical (unpaired) electrons. The monoisotopic (exact) mass is 369 g/mol. The SMILES string of the molecule is CC1CCN(C(=O)C2CC2C(=O)N2CCN(Cc3ccccc3)CC2)CC1. The summed E-state index contributed by atoms with van der Waals surface area (Å²) in [5.74, 6) is 1.05. The summed E-state index contributed by atoms with van der Waals surface area (Å²) < 4.78 is 0. The molecule has 0 N–H and O–H groups in total. The first-order valence-corrected chi connectivity index (χ1v) is 10.5. The van der Waals surface area contributed by atoms with Gasteiger partial charge < -0.3 is 9.80 Å². The molecule has 2 saturated heterocycles. The predicted molar refractivity (Wildman–Crippen MR) is 105 cm³/mol. The van der Waals surface area contributed by atoms with Crippen LogP contribution in [0.4, 0.5) is 0 Å². The van der Waals surface area contributed by atoms with Crippen LogP contribution in [0.2, 0.25) is 0 Å². The molecule has 2 amide bonds. The number of hydrogen-bond donors (Lipinski definition) is 0. The van der Waals surface area contributed by atoms with Gasteiger partial charge in [-0.25, -0.2) is 0 Å². The Kier molecular flexibility index (Phi) is 5.48. The molecule has 2 heterocycles. The molecule has 5 nitrogen and oxygen atoms in total. The maximum atomic E-state index is 12.8. The van der Waals surface area contributed by atoms with Gasteiger partial charge in [0.1, 0.15) is 0 Å². The highest BCUT2D eigenvalue weighted by Gasteiger charge is 2.51. The zero-order chi connectivity index (χ0) is 18.8. The van der Waals surface area contributed by atoms with E-state index < -0.39 is 0 Å². The van der Waals surface area contributed by atoms with Crippen LogP contribution in [-0.4, -0.2) is 65.8 Å². The summed E-state index contributed by atoms with van der Waals surface area (Å²) in [7, 11) is 0. The third kappa shape index (κ3) is 4.34. The van der Waals surface area contributed by atoms with E-state index in [0.29, 0.717) is 0 Å². The fraction of sp³-hybridized carbons (Fsp3) is 0.636. The molecule has 0 spiro atoms. The van der Waals surface area contributed by atoms with Crippen LogP contribution in [-0.2, 0) is 16.1 Å². The zero-order valence-electron chi connectivity index (χ0n) is 16.3. The molecule has 2 atom stereocenters. The Morgan fingerprint density at radius 3 is 2.00 bits per heavy atom. The summed E-state index contributed by atoms with van der Waals surface area (Å²) in [6.07, 6.45) is 2.95. The van der Waals surface area contributed by atoms with Gasteiger partial charge in [-0.1, -0.05) is 37.3 Å². The van der Waals surface area contributed by atoms with Gasteiger partial charge in [0, 0.05) is 45.8 Å². The number of amides is 2. The Morgan fingerprint density at radius 2 is 1.41 bits per heavy atom. The van der Waals surface area contributed by atoms with Crippen LogP contribution in [0.15, 0.2) is 30.3 Å². The van der Waals surface area contributed by atoms with E-state index in [9.17, 15) is 9.59 Å². The van der Waals surface area contributed by atoms with Crippen LogP contribution >= 0.6 is 0 Å². The number of hydrogen-bond acceptors (Lipinski definition) is 3. The fourth-order valence-electron chi connectivity index (χ4n) is 4.41. The van der Waals surface area contributed by atoms with Crippen molar-refractivity contribution in [3.8, 4) is 0 Å². The van der Waals surface area contributed by atoms with Gasteiger partial charge in [0.2, 0.25) is 11.8 Å². The van der Waals surface area contributed by atoms with E-state index in [4.69, 9.17) is 0 Å². The van der Waals surface area contributed by atoms with Crippen LogP contribution in [0, 0.1) is 17.8 Å². The Hall–Kier alpha value is -1.88. The highest BCUT2D eigenvalue weighted by molar-refractivity contribution is 5.92. The van der Waals surface area contributed by atoms with Gasteiger partial charge >= 0.3 is 0 Å². The smallest absolute Gasteiger partial charge is 0.226 e. The molecule has 0 aromatic heterocycles. The predicted octanol–water partition coefficient (Wildman–Crippen LogP) is 2.23. The Balaban J connectivity index is 1.23. The van der Waals surface area contributed by atoms with Gasteiger partial charge in [-0.2, -0.15) is 0 Å². The number of likely N-dealkylation sites (tertiary alicyclic amines) is 1. The molecule has 3 fully saturated rings. The third-order valence-electron chi connectivity index (χ3n) is 6.45. The highest BCUT2D eigenvalue weighted by Crippen LogP contribution is 2.42. The molecule has 2 unspecified atom stereocenters. The first-order chi connectivity index (χ1) is 13.1. The number of carbonyl (C=O) groups excluding carboxylic acids is 2. The lowest BCUT2D eigenvalue weighted by Gasteiger charge is -2.35. The summed E-state index contributed by atoms with van der Waals surface area (Å²) in [5, 5.41) is 0. The lowest BCUT2D eigenvalue weighted by molar-refractivity contribution is -0.139. The molecular weight excluding hydrogens is 338 g/mol. The molecule has 1 saturated carbocycles. The van der Waals surface area contributed by atoms with Crippen molar-refractivity contribution in [3.05, 3.63) is 35.9 Å². The van der Waals surface area contributed by atoms with E-state index in [-0.39, 0.29) is 23.7 Å². The van der Waals surface area contributed by atoms with Crippen LogP contribution in [0.5, 0.6) is 0 Å². The number of carbonyl (C=O) groups is 2. The first-order valence-electron chi connectivity index (χ1n) is 10.5. The van der Waals surface area contributed by atoms with Crippen molar-refractivity contribution in [2.45, 2.75) is 32.7 Å². The largest absolute Gasteiger partial charge is 0.342 e. The molecule has 146 valence electrons. The van der Waals surface area contributed by atoms with Gasteiger partial charge in [-0.3, -0.25) is 14.5 Å². The molecule has 1 aromatic carbocycles. The van der Waals surface area contributed by atoms with Crippen LogP contribution in [0.3, 0.4) is 0 Å². The second-order valence-electron chi connectivity index (χ2n) is 8.54. The maximum absolute atomic E-state index is 12.8. The summed E-state index contributed by atoms with van der Waals surface area (Å²) in [6.45, 7) is 8.33. The number of piperidine rings is 1. The number of rotatable bonds is 4. The maximum Gasteiger partial charge on any atom is 0.226 e. The van der Waals surface area contributed by atoms with Gasteiger partial charge in [-0.15, -0.1) is 0 Å². The molecular formula is C22H31N3O2. The highest BCUT2D eigenvalue weighted by atomic mass is 16.2. The molecule has 27 heavy (non-hydrogen) atoms. The number of piperazine rings is 1. The van der Waals surface area contributed by atoms with E-state index in [1.807, 2.05) is 15.9 Å². The first kappa shape index (κ1) is 18.5. The van der Waals surface area contributed by atoms with Crippen molar-refractivity contribution in [2.75, 3.05) is 39.3 Å². The summed E-state index contributed by atoms with van der Waals surface area (Å²) in [6, 6.07) is 10.5. The molecule has 4 rings (SSSR count). The molecule has 0 bridgehead atoms. The van der Waals surface area contributed by atoms with Gasteiger partial charge in [0.15, 0.2) is 0 Å². The zero-order valence-corrected chi connectivity index (χ0v) is 16.3. The second-order valence-corrected chi connectivity index (χ2v) is 8.54. The average molecular weight is 370 g/mol. The fourth-order valence-corrected chi connectivity index (χ4v) is 4.41. The van der Waals surface area contributed by atoms with Crippen LogP contribution in [0.1, 0.15) is 31.7 Å². The lowest BCUT2D eigenvalue weighted by Crippen LogP contribution is -2.49. The minimum absolute atomic E-state index is 0.0479. The lowest BCUT2D eigenvalue weighted by atomic mass is 9.99. The van der Waals surface area contributed by atoms with Crippen LogP contribution in [0.25, 0.3) is 0 Å². The van der Waals surface area contributed by atoms with Crippen molar-refractivity contribution in [3.63, 3.8) is 0 Å². The molecule has 1 aliphatic carbocycles. The van der Waals surface area contributed by atoms with Crippen molar-refractivity contribution in [1.82, 2.24) is 14.7 Å². The molecule has 5 heteroatoms. The molecule has 1 aromatic rings. The number of benzene rings is 1. The third-order valence-corrected chi connectivity index (χ3v) is 6.45. The topological polar surface area (TPSA) is 43.9 Å².